The van der Waals surface area contributed by atoms with Crippen LogP contribution in [0.3, 0.4) is 0 Å². The number of carbonyl (C=O) groups excluding carboxylic acids is 1. The van der Waals surface area contributed by atoms with Gasteiger partial charge in [0, 0.05) is 22.2 Å². The predicted molar refractivity (Wildman–Crippen MR) is 111 cm³/mol. The van der Waals surface area contributed by atoms with Gasteiger partial charge in [0.25, 0.3) is 5.91 Å². The van der Waals surface area contributed by atoms with Crippen LogP contribution in [-0.4, -0.2) is 35.3 Å². The number of unbranched alkanes of at least 4 members (excludes halogenated alkanes) is 1. The van der Waals surface area contributed by atoms with E-state index in [1.165, 1.54) is 7.11 Å². The second-order valence-electron chi connectivity index (χ2n) is 6.90. The van der Waals surface area contributed by atoms with Crippen molar-refractivity contribution in [1.82, 2.24) is 4.57 Å². The Labute approximate surface area is 169 Å². The summed E-state index contributed by atoms with van der Waals surface area (Å²) >= 11 is 0. The number of carbonyl (C=O) groups is 2. The lowest BCUT2D eigenvalue weighted by atomic mass is 10.1. The molecule has 0 atom stereocenters. The zero-order chi connectivity index (χ0) is 21.0. The number of carboxylic acid groups (broad SMARTS) is 1. The number of aryl methyl sites for hydroxylation is 1. The smallest absolute Gasteiger partial charge is 0.307 e. The first-order chi connectivity index (χ1) is 14.0. The fourth-order valence-corrected chi connectivity index (χ4v) is 3.40. The van der Waals surface area contributed by atoms with Gasteiger partial charge in [-0.15, -0.1) is 0 Å². The minimum Gasteiger partial charge on any atom is -0.496 e. The van der Waals surface area contributed by atoms with Gasteiger partial charge in [-0.2, -0.15) is 0 Å². The Morgan fingerprint density at radius 3 is 2.45 bits per heavy atom. The van der Waals surface area contributed by atoms with Crippen LogP contribution in [0.2, 0.25) is 0 Å². The van der Waals surface area contributed by atoms with Crippen LogP contribution in [0.15, 0.2) is 42.5 Å². The van der Waals surface area contributed by atoms with Crippen molar-refractivity contribution < 1.29 is 24.2 Å². The lowest BCUT2D eigenvalue weighted by Crippen LogP contribution is -2.13. The lowest BCUT2D eigenvalue weighted by Gasteiger charge is -2.11. The first-order valence-electron chi connectivity index (χ1n) is 9.63. The number of methoxy groups -OCH3 is 1. The minimum absolute atomic E-state index is 0.177. The highest BCUT2D eigenvalue weighted by atomic mass is 16.5. The summed E-state index contributed by atoms with van der Waals surface area (Å²) in [6.45, 7) is 4.59. The highest BCUT2D eigenvalue weighted by molar-refractivity contribution is 6.04. The number of nitrogens with zero attached hydrogens (tertiary/aromatic N) is 1. The summed E-state index contributed by atoms with van der Waals surface area (Å²) in [5, 5.41) is 9.98. The summed E-state index contributed by atoms with van der Waals surface area (Å²) < 4.78 is 12.6. The van der Waals surface area contributed by atoms with Crippen molar-refractivity contribution in [2.24, 2.45) is 0 Å². The average Bonchev–Trinajstić information content (AvgIpc) is 3.04. The molecule has 0 amide bonds. The SMILES string of the molecule is CCCCOc1ccc(C(=O)n2c(C)cc3c(CC(=O)O)c(OC)ccc32)cc1. The molecule has 0 saturated heterocycles. The van der Waals surface area contributed by atoms with Crippen molar-refractivity contribution in [2.75, 3.05) is 13.7 Å². The molecular weight excluding hydrogens is 370 g/mol. The number of aliphatic carboxylic acids is 1. The molecule has 3 rings (SSSR count). The molecule has 0 unspecified atom stereocenters. The molecule has 6 heteroatoms. The van der Waals surface area contributed by atoms with Crippen molar-refractivity contribution in [3.63, 3.8) is 0 Å². The molecule has 152 valence electrons. The van der Waals surface area contributed by atoms with Crippen molar-refractivity contribution in [2.45, 2.75) is 33.1 Å². The summed E-state index contributed by atoms with van der Waals surface area (Å²) in [5.41, 5.74) is 2.48. The first kappa shape index (κ1) is 20.5. The van der Waals surface area contributed by atoms with E-state index in [0.717, 1.165) is 24.3 Å². The van der Waals surface area contributed by atoms with E-state index in [2.05, 4.69) is 6.92 Å². The molecule has 0 saturated carbocycles. The minimum atomic E-state index is -0.953. The van der Waals surface area contributed by atoms with E-state index in [1.807, 2.05) is 13.0 Å². The van der Waals surface area contributed by atoms with Gasteiger partial charge in [0.2, 0.25) is 0 Å². The van der Waals surface area contributed by atoms with Gasteiger partial charge in [0.15, 0.2) is 0 Å². The second-order valence-corrected chi connectivity index (χ2v) is 6.90. The Morgan fingerprint density at radius 2 is 1.83 bits per heavy atom. The zero-order valence-electron chi connectivity index (χ0n) is 16.9. The van der Waals surface area contributed by atoms with E-state index < -0.39 is 5.97 Å². The number of fused-ring (bicyclic) bond motifs is 1. The number of hydrogen-bond acceptors (Lipinski definition) is 4. The third-order valence-corrected chi connectivity index (χ3v) is 4.86. The molecule has 2 aromatic carbocycles. The Morgan fingerprint density at radius 1 is 1.10 bits per heavy atom. The number of rotatable bonds is 8. The fraction of sp³-hybridized carbons (Fsp3) is 0.304. The quantitative estimate of drug-likeness (QED) is 0.570. The van der Waals surface area contributed by atoms with Gasteiger partial charge >= 0.3 is 5.97 Å². The van der Waals surface area contributed by atoms with Crippen LogP contribution in [0, 0.1) is 6.92 Å². The lowest BCUT2D eigenvalue weighted by molar-refractivity contribution is -0.136. The summed E-state index contributed by atoms with van der Waals surface area (Å²) in [7, 11) is 1.51. The van der Waals surface area contributed by atoms with Crippen LogP contribution >= 0.6 is 0 Å². The van der Waals surface area contributed by atoms with Crippen LogP contribution in [0.5, 0.6) is 11.5 Å². The number of hydrogen-bond donors (Lipinski definition) is 1. The monoisotopic (exact) mass is 395 g/mol. The molecule has 0 aliphatic heterocycles. The third-order valence-electron chi connectivity index (χ3n) is 4.86. The summed E-state index contributed by atoms with van der Waals surface area (Å²) in [4.78, 5) is 24.5. The van der Waals surface area contributed by atoms with Crippen molar-refractivity contribution >= 4 is 22.8 Å². The third kappa shape index (κ3) is 4.26. The molecule has 0 aliphatic rings. The van der Waals surface area contributed by atoms with Gasteiger partial charge in [-0.1, -0.05) is 13.3 Å². The Kier molecular flexibility index (Phi) is 6.22. The van der Waals surface area contributed by atoms with Gasteiger partial charge in [0.05, 0.1) is 25.7 Å². The number of ether oxygens (including phenoxy) is 2. The molecule has 3 aromatic rings. The maximum Gasteiger partial charge on any atom is 0.307 e. The van der Waals surface area contributed by atoms with Crippen LogP contribution in [0.25, 0.3) is 10.9 Å². The van der Waals surface area contributed by atoms with Crippen LogP contribution in [0.4, 0.5) is 0 Å². The van der Waals surface area contributed by atoms with E-state index in [0.29, 0.717) is 34.4 Å². The molecule has 29 heavy (non-hydrogen) atoms. The molecule has 0 bridgehead atoms. The predicted octanol–water partition coefficient (Wildman–Crippen LogP) is 4.45. The van der Waals surface area contributed by atoms with Crippen LogP contribution in [-0.2, 0) is 11.2 Å². The van der Waals surface area contributed by atoms with E-state index in [9.17, 15) is 14.7 Å². The molecule has 6 nitrogen and oxygen atoms in total. The van der Waals surface area contributed by atoms with Gasteiger partial charge in [0.1, 0.15) is 11.5 Å². The molecule has 0 radical (unpaired) electrons. The molecule has 1 heterocycles. The molecule has 1 N–H and O–H groups in total. The summed E-state index contributed by atoms with van der Waals surface area (Å²) in [5.74, 6) is 0.103. The number of carboxylic acids is 1. The number of benzene rings is 2. The van der Waals surface area contributed by atoms with Crippen LogP contribution < -0.4 is 9.47 Å². The molecule has 1 aromatic heterocycles. The Bertz CT molecular complexity index is 1030. The van der Waals surface area contributed by atoms with Crippen molar-refractivity contribution in [3.05, 3.63) is 59.3 Å². The van der Waals surface area contributed by atoms with E-state index >= 15 is 0 Å². The van der Waals surface area contributed by atoms with E-state index in [4.69, 9.17) is 9.47 Å². The van der Waals surface area contributed by atoms with Gasteiger partial charge < -0.3 is 14.6 Å². The van der Waals surface area contributed by atoms with E-state index in [1.54, 1.807) is 41.0 Å². The molecule has 0 aliphatic carbocycles. The maximum absolute atomic E-state index is 13.2. The average molecular weight is 395 g/mol. The van der Waals surface area contributed by atoms with Gasteiger partial charge in [-0.3, -0.25) is 14.2 Å². The van der Waals surface area contributed by atoms with Crippen LogP contribution in [0.1, 0.15) is 41.4 Å². The van der Waals surface area contributed by atoms with Crippen molar-refractivity contribution in [3.8, 4) is 11.5 Å². The molecular formula is C23H25NO5. The topological polar surface area (TPSA) is 77.8 Å². The van der Waals surface area contributed by atoms with Gasteiger partial charge in [-0.25, -0.2) is 0 Å². The Balaban J connectivity index is 1.98. The van der Waals surface area contributed by atoms with Crippen molar-refractivity contribution in [1.29, 1.82) is 0 Å². The molecule has 0 fully saturated rings. The largest absolute Gasteiger partial charge is 0.496 e. The standard InChI is InChI=1S/C23H25NO5/c1-4-5-12-29-17-8-6-16(7-9-17)23(27)24-15(2)13-18-19(14-22(25)26)21(28-3)11-10-20(18)24/h6-11,13H,4-5,12,14H2,1-3H3,(H,25,26). The Hall–Kier alpha value is -3.28. The van der Waals surface area contributed by atoms with E-state index in [-0.39, 0.29) is 12.3 Å². The normalized spacial score (nSPS) is 10.9. The highest BCUT2D eigenvalue weighted by Gasteiger charge is 2.20. The molecule has 0 spiro atoms. The summed E-state index contributed by atoms with van der Waals surface area (Å²) in [6.07, 6.45) is 1.87. The first-order valence-corrected chi connectivity index (χ1v) is 9.63. The highest BCUT2D eigenvalue weighted by Crippen LogP contribution is 2.31. The maximum atomic E-state index is 13.2. The fourth-order valence-electron chi connectivity index (χ4n) is 3.40. The zero-order valence-corrected chi connectivity index (χ0v) is 16.9. The van der Waals surface area contributed by atoms with Gasteiger partial charge in [-0.05, 0) is 55.8 Å². The number of aromatic nitrogens is 1. The summed E-state index contributed by atoms with van der Waals surface area (Å²) in [6, 6.07) is 12.4. The second kappa shape index (κ2) is 8.82.